The highest BCUT2D eigenvalue weighted by Crippen LogP contribution is 2.40. The zero-order chi connectivity index (χ0) is 20.9. The number of nitrogens with zero attached hydrogens (tertiary/aromatic N) is 2. The van der Waals surface area contributed by atoms with Crippen molar-refractivity contribution in [2.45, 2.75) is 18.8 Å². The first-order chi connectivity index (χ1) is 12.2. The number of alkyl halides is 8. The van der Waals surface area contributed by atoms with Gasteiger partial charge in [0.15, 0.2) is 23.3 Å². The Morgan fingerprint density at radius 1 is 0.704 bits per heavy atom. The molecule has 0 fully saturated rings. The fourth-order valence-corrected chi connectivity index (χ4v) is 1.94. The van der Waals surface area contributed by atoms with Gasteiger partial charge in [-0.15, -0.1) is 0 Å². The van der Waals surface area contributed by atoms with Crippen LogP contribution in [0.3, 0.4) is 0 Å². The molecule has 0 saturated carbocycles. The maximum absolute atomic E-state index is 13.9. The summed E-state index contributed by atoms with van der Waals surface area (Å²) >= 11 is 0. The lowest BCUT2D eigenvalue weighted by Gasteiger charge is -2.15. The van der Waals surface area contributed by atoms with Crippen LogP contribution in [0, 0.1) is 23.3 Å². The van der Waals surface area contributed by atoms with Crippen LogP contribution in [0.25, 0.3) is 11.3 Å². The van der Waals surface area contributed by atoms with Gasteiger partial charge in [-0.05, 0) is 6.07 Å². The zero-order valence-electron chi connectivity index (χ0n) is 12.1. The molecule has 0 aliphatic heterocycles. The van der Waals surface area contributed by atoms with Gasteiger partial charge in [0.2, 0.25) is 5.82 Å². The topological polar surface area (TPSA) is 25.8 Å². The van der Waals surface area contributed by atoms with Crippen molar-refractivity contribution in [2.24, 2.45) is 0 Å². The molecule has 0 N–H and O–H groups in total. The average molecular weight is 414 g/mol. The molecule has 2 aromatic rings. The number of hydrogen-bond acceptors (Lipinski definition) is 2. The highest BCUT2D eigenvalue weighted by atomic mass is 19.4. The molecule has 0 amide bonds. The smallest absolute Gasteiger partial charge is 0.224 e. The monoisotopic (exact) mass is 414 g/mol. The van der Waals surface area contributed by atoms with Crippen molar-refractivity contribution in [1.29, 1.82) is 0 Å². The van der Waals surface area contributed by atoms with Crippen molar-refractivity contribution >= 4 is 0 Å². The molecule has 2 rings (SSSR count). The third-order valence-electron chi connectivity index (χ3n) is 3.03. The molecule has 0 atom stereocenters. The maximum Gasteiger partial charge on any atom is 0.451 e. The summed E-state index contributed by atoms with van der Waals surface area (Å²) in [4.78, 5) is 4.88. The predicted molar refractivity (Wildman–Crippen MR) is 62.3 cm³/mol. The minimum Gasteiger partial charge on any atom is -0.224 e. The van der Waals surface area contributed by atoms with Crippen LogP contribution in [-0.4, -0.2) is 9.97 Å². The molecule has 148 valence electrons. The molecule has 27 heavy (non-hydrogen) atoms. The Morgan fingerprint density at radius 2 is 1.19 bits per heavy atom. The van der Waals surface area contributed by atoms with Crippen molar-refractivity contribution in [1.82, 2.24) is 9.97 Å². The molecule has 0 aliphatic rings. The van der Waals surface area contributed by atoms with Crippen LogP contribution < -0.4 is 0 Å². The van der Waals surface area contributed by atoms with Crippen LogP contribution in [-0.2, 0) is 12.4 Å². The molecule has 0 unspecified atom stereocenters. The summed E-state index contributed by atoms with van der Waals surface area (Å²) in [6, 6.07) is -0.145. The van der Waals surface area contributed by atoms with Crippen molar-refractivity contribution in [3.63, 3.8) is 0 Å². The average Bonchev–Trinajstić information content (AvgIpc) is 2.51. The number of aromatic nitrogens is 2. The second-order valence-electron chi connectivity index (χ2n) is 4.80. The molecule has 0 aliphatic carbocycles. The van der Waals surface area contributed by atoms with Gasteiger partial charge in [-0.3, -0.25) is 0 Å². The van der Waals surface area contributed by atoms with Crippen molar-refractivity contribution < 1.29 is 52.7 Å². The molecule has 0 spiro atoms. The number of benzene rings is 1. The van der Waals surface area contributed by atoms with Gasteiger partial charge in [0.05, 0.1) is 11.3 Å². The van der Waals surface area contributed by atoms with Gasteiger partial charge < -0.3 is 0 Å². The van der Waals surface area contributed by atoms with Gasteiger partial charge in [-0.2, -0.15) is 26.3 Å². The first kappa shape index (κ1) is 20.8. The van der Waals surface area contributed by atoms with E-state index in [2.05, 4.69) is 9.97 Å². The second-order valence-corrected chi connectivity index (χ2v) is 4.80. The number of hydrogen-bond donors (Lipinski definition) is 0. The Balaban J connectivity index is 2.89. The van der Waals surface area contributed by atoms with E-state index in [-0.39, 0.29) is 6.07 Å². The first-order valence-electron chi connectivity index (χ1n) is 6.34. The fraction of sp³-hybridized carbons (Fsp3) is 0.231. The van der Waals surface area contributed by atoms with E-state index < -0.39 is 70.4 Å². The lowest BCUT2D eigenvalue weighted by atomic mass is 10.0. The quantitative estimate of drug-likeness (QED) is 0.467. The molecule has 0 radical (unpaired) electrons. The summed E-state index contributed by atoms with van der Waals surface area (Å²) in [5.74, 6) is -13.9. The van der Waals surface area contributed by atoms with E-state index in [1.54, 1.807) is 0 Å². The van der Waals surface area contributed by atoms with Crippen LogP contribution in [0.4, 0.5) is 52.7 Å². The first-order valence-corrected chi connectivity index (χ1v) is 6.34. The third-order valence-corrected chi connectivity index (χ3v) is 3.03. The summed E-state index contributed by atoms with van der Waals surface area (Å²) in [6.45, 7) is 0. The summed E-state index contributed by atoms with van der Waals surface area (Å²) in [5, 5.41) is 0. The van der Waals surface area contributed by atoms with E-state index in [1.165, 1.54) is 0 Å². The lowest BCUT2D eigenvalue weighted by Crippen LogP contribution is -2.17. The molecule has 14 heteroatoms. The van der Waals surface area contributed by atoms with E-state index in [0.717, 1.165) is 0 Å². The highest BCUT2D eigenvalue weighted by molar-refractivity contribution is 5.63. The minimum absolute atomic E-state index is 0.145. The number of halogens is 12. The van der Waals surface area contributed by atoms with Crippen LogP contribution in [0.5, 0.6) is 0 Å². The maximum atomic E-state index is 13.9. The normalized spacial score (nSPS) is 12.8. The molecule has 0 saturated heterocycles. The summed E-state index contributed by atoms with van der Waals surface area (Å²) < 4.78 is 156. The number of rotatable bonds is 2. The standard InChI is InChI=1S/C13H2F12N2/c14-6-4(7(15)9(17)5(8(6)16)12(20,21)22)2-1-3(10(18)19)27-11(26-2)13(23,24)25/h1,10H. The molecule has 2 nitrogen and oxygen atoms in total. The molecule has 1 heterocycles. The fourth-order valence-electron chi connectivity index (χ4n) is 1.94. The van der Waals surface area contributed by atoms with E-state index in [4.69, 9.17) is 0 Å². The van der Waals surface area contributed by atoms with Crippen LogP contribution in [0.15, 0.2) is 6.07 Å². The predicted octanol–water partition coefficient (Wildman–Crippen LogP) is 5.68. The molecule has 1 aromatic heterocycles. The van der Waals surface area contributed by atoms with Crippen molar-refractivity contribution in [3.8, 4) is 11.3 Å². The highest BCUT2D eigenvalue weighted by Gasteiger charge is 2.43. The van der Waals surface area contributed by atoms with Crippen LogP contribution in [0.1, 0.15) is 23.5 Å². The van der Waals surface area contributed by atoms with E-state index in [1.807, 2.05) is 0 Å². The van der Waals surface area contributed by atoms with E-state index >= 15 is 0 Å². The van der Waals surface area contributed by atoms with Gasteiger partial charge >= 0.3 is 12.4 Å². The summed E-state index contributed by atoms with van der Waals surface area (Å²) in [6.07, 6.45) is -15.1. The van der Waals surface area contributed by atoms with E-state index in [9.17, 15) is 52.7 Å². The van der Waals surface area contributed by atoms with Gasteiger partial charge in [-0.25, -0.2) is 36.3 Å². The minimum atomic E-state index is -5.90. The zero-order valence-corrected chi connectivity index (χ0v) is 12.1. The van der Waals surface area contributed by atoms with Gasteiger partial charge in [0.1, 0.15) is 11.3 Å². The van der Waals surface area contributed by atoms with Gasteiger partial charge in [-0.1, -0.05) is 0 Å². The SMILES string of the molecule is Fc1c(F)c(C(F)(F)F)c(F)c(F)c1-c1cc(C(F)F)nc(C(F)(F)F)n1. The van der Waals surface area contributed by atoms with E-state index in [0.29, 0.717) is 0 Å². The molecular weight excluding hydrogens is 412 g/mol. The van der Waals surface area contributed by atoms with Crippen LogP contribution >= 0.6 is 0 Å². The van der Waals surface area contributed by atoms with Crippen molar-refractivity contribution in [2.75, 3.05) is 0 Å². The third kappa shape index (κ3) is 3.78. The largest absolute Gasteiger partial charge is 0.451 e. The summed E-state index contributed by atoms with van der Waals surface area (Å²) in [7, 11) is 0. The summed E-state index contributed by atoms with van der Waals surface area (Å²) in [5.41, 5.74) is -8.57. The second kappa shape index (κ2) is 6.56. The Bertz CT molecular complexity index is 855. The Hall–Kier alpha value is -2.54. The lowest BCUT2D eigenvalue weighted by molar-refractivity contribution is -0.145. The van der Waals surface area contributed by atoms with Gasteiger partial charge in [0.25, 0.3) is 6.43 Å². The Labute approximate surface area is 140 Å². The van der Waals surface area contributed by atoms with Gasteiger partial charge in [0, 0.05) is 0 Å². The van der Waals surface area contributed by atoms with Crippen molar-refractivity contribution in [3.05, 3.63) is 46.4 Å². The Kier molecular flexibility index (Phi) is 5.05. The van der Waals surface area contributed by atoms with Crippen LogP contribution in [0.2, 0.25) is 0 Å². The molecule has 0 bridgehead atoms. The Morgan fingerprint density at radius 3 is 1.56 bits per heavy atom. The molecular formula is C13H2F12N2. The molecule has 1 aromatic carbocycles.